The van der Waals surface area contributed by atoms with Crippen molar-refractivity contribution >= 4 is 16.9 Å². The molecule has 5 heteroatoms. The van der Waals surface area contributed by atoms with Gasteiger partial charge in [0.1, 0.15) is 0 Å². The molecule has 0 aliphatic carbocycles. The molecule has 1 amide bonds. The minimum atomic E-state index is 0.0939. The number of fused-ring (bicyclic) bond motifs is 1. The lowest BCUT2D eigenvalue weighted by Gasteiger charge is -2.05. The van der Waals surface area contributed by atoms with Crippen LogP contribution in [0.3, 0.4) is 0 Å². The van der Waals surface area contributed by atoms with Crippen LogP contribution in [-0.4, -0.2) is 29.1 Å². The quantitative estimate of drug-likeness (QED) is 0.767. The summed E-state index contributed by atoms with van der Waals surface area (Å²) in [6.45, 7) is 1.43. The Labute approximate surface area is 113 Å². The number of hydrogen-bond donors (Lipinski definition) is 2. The summed E-state index contributed by atoms with van der Waals surface area (Å²) in [5.41, 5.74) is 3.14. The topological polar surface area (TPSA) is 59.0 Å². The van der Waals surface area contributed by atoms with Crippen LogP contribution in [0.25, 0.3) is 11.0 Å². The van der Waals surface area contributed by atoms with Gasteiger partial charge in [-0.25, -0.2) is 4.98 Å². The molecule has 1 aromatic heterocycles. The Morgan fingerprint density at radius 3 is 3.05 bits per heavy atom. The minimum Gasteiger partial charge on any atom is -0.352 e. The van der Waals surface area contributed by atoms with E-state index in [0.717, 1.165) is 29.6 Å². The number of benzene rings is 1. The maximum Gasteiger partial charge on any atom is 0.220 e. The summed E-state index contributed by atoms with van der Waals surface area (Å²) in [4.78, 5) is 15.9. The van der Waals surface area contributed by atoms with E-state index in [0.29, 0.717) is 13.0 Å². The van der Waals surface area contributed by atoms with Gasteiger partial charge in [0, 0.05) is 20.0 Å². The van der Waals surface area contributed by atoms with Crippen molar-refractivity contribution in [3.05, 3.63) is 30.1 Å². The van der Waals surface area contributed by atoms with E-state index in [1.807, 2.05) is 36.9 Å². The zero-order chi connectivity index (χ0) is 13.7. The van der Waals surface area contributed by atoms with Crippen LogP contribution in [0.15, 0.2) is 24.5 Å². The van der Waals surface area contributed by atoms with Gasteiger partial charge in [-0.05, 0) is 37.7 Å². The van der Waals surface area contributed by atoms with Crippen LogP contribution >= 0.6 is 0 Å². The monoisotopic (exact) mass is 260 g/mol. The maximum absolute atomic E-state index is 11.6. The summed E-state index contributed by atoms with van der Waals surface area (Å²) < 4.78 is 1.98. The second kappa shape index (κ2) is 6.33. The van der Waals surface area contributed by atoms with Gasteiger partial charge in [0.2, 0.25) is 5.91 Å². The lowest BCUT2D eigenvalue weighted by atomic mass is 10.2. The van der Waals surface area contributed by atoms with Gasteiger partial charge in [-0.2, -0.15) is 0 Å². The first-order chi connectivity index (χ1) is 9.20. The average molecular weight is 260 g/mol. The highest BCUT2D eigenvalue weighted by molar-refractivity contribution is 5.77. The zero-order valence-electron chi connectivity index (χ0n) is 11.4. The van der Waals surface area contributed by atoms with Gasteiger partial charge >= 0.3 is 0 Å². The number of hydrogen-bond acceptors (Lipinski definition) is 3. The van der Waals surface area contributed by atoms with Crippen molar-refractivity contribution in [3.8, 4) is 0 Å². The van der Waals surface area contributed by atoms with Gasteiger partial charge in [0.25, 0.3) is 0 Å². The van der Waals surface area contributed by atoms with Crippen LogP contribution in [0, 0.1) is 0 Å². The van der Waals surface area contributed by atoms with E-state index in [4.69, 9.17) is 0 Å². The molecule has 2 rings (SSSR count). The lowest BCUT2D eigenvalue weighted by Crippen LogP contribution is -2.23. The van der Waals surface area contributed by atoms with Crippen molar-refractivity contribution in [2.45, 2.75) is 19.4 Å². The first-order valence-electron chi connectivity index (χ1n) is 6.52. The molecule has 0 saturated carbocycles. The van der Waals surface area contributed by atoms with E-state index < -0.39 is 0 Å². The summed E-state index contributed by atoms with van der Waals surface area (Å²) in [5, 5.41) is 5.96. The van der Waals surface area contributed by atoms with Crippen molar-refractivity contribution in [2.24, 2.45) is 7.05 Å². The fraction of sp³-hybridized carbons (Fsp3) is 0.429. The van der Waals surface area contributed by atoms with Crippen LogP contribution in [0.1, 0.15) is 18.4 Å². The number of amides is 1. The van der Waals surface area contributed by atoms with E-state index >= 15 is 0 Å². The van der Waals surface area contributed by atoms with Crippen molar-refractivity contribution < 1.29 is 4.79 Å². The smallest absolute Gasteiger partial charge is 0.220 e. The molecule has 1 aromatic carbocycles. The summed E-state index contributed by atoms with van der Waals surface area (Å²) in [6.07, 6.45) is 3.22. The second-order valence-electron chi connectivity index (χ2n) is 4.66. The van der Waals surface area contributed by atoms with Gasteiger partial charge < -0.3 is 15.2 Å². The van der Waals surface area contributed by atoms with E-state index in [2.05, 4.69) is 15.6 Å². The Balaban J connectivity index is 1.89. The van der Waals surface area contributed by atoms with Crippen LogP contribution in [0.2, 0.25) is 0 Å². The Morgan fingerprint density at radius 2 is 2.26 bits per heavy atom. The third-order valence-electron chi connectivity index (χ3n) is 3.11. The van der Waals surface area contributed by atoms with E-state index in [9.17, 15) is 4.79 Å². The molecular formula is C14H20N4O. The van der Waals surface area contributed by atoms with Crippen LogP contribution in [-0.2, 0) is 18.4 Å². The SMILES string of the molecule is CNCCCC(=O)NCc1ccc2c(c1)ncn2C. The molecule has 0 aliphatic heterocycles. The number of aryl methyl sites for hydroxylation is 1. The molecule has 0 unspecified atom stereocenters. The maximum atomic E-state index is 11.6. The van der Waals surface area contributed by atoms with Gasteiger partial charge in [-0.3, -0.25) is 4.79 Å². The molecule has 1 heterocycles. The van der Waals surface area contributed by atoms with Crippen LogP contribution < -0.4 is 10.6 Å². The standard InChI is InChI=1S/C14H20N4O/c1-15-7-3-4-14(19)16-9-11-5-6-13-12(8-11)17-10-18(13)2/h5-6,8,10,15H,3-4,7,9H2,1-2H3,(H,16,19). The number of nitrogens with zero attached hydrogens (tertiary/aromatic N) is 2. The first-order valence-corrected chi connectivity index (χ1v) is 6.52. The summed E-state index contributed by atoms with van der Waals surface area (Å²) in [6, 6.07) is 6.08. The summed E-state index contributed by atoms with van der Waals surface area (Å²) in [5.74, 6) is 0.0939. The predicted octanol–water partition coefficient (Wildman–Crippen LogP) is 1.19. The number of carbonyl (C=O) groups is 1. The van der Waals surface area contributed by atoms with Gasteiger partial charge in [-0.15, -0.1) is 0 Å². The third-order valence-corrected chi connectivity index (χ3v) is 3.11. The van der Waals surface area contributed by atoms with E-state index in [1.165, 1.54) is 0 Å². The third kappa shape index (κ3) is 3.54. The molecule has 0 radical (unpaired) electrons. The van der Waals surface area contributed by atoms with Crippen LogP contribution in [0.5, 0.6) is 0 Å². The molecule has 0 fully saturated rings. The normalized spacial score (nSPS) is 10.8. The molecule has 5 nitrogen and oxygen atoms in total. The summed E-state index contributed by atoms with van der Waals surface area (Å²) in [7, 11) is 3.86. The fourth-order valence-electron chi connectivity index (χ4n) is 2.01. The highest BCUT2D eigenvalue weighted by Crippen LogP contribution is 2.13. The highest BCUT2D eigenvalue weighted by atomic mass is 16.1. The molecule has 102 valence electrons. The predicted molar refractivity (Wildman–Crippen MR) is 75.7 cm³/mol. The number of carbonyl (C=O) groups excluding carboxylic acids is 1. The van der Waals surface area contributed by atoms with Crippen molar-refractivity contribution in [1.29, 1.82) is 0 Å². The molecule has 0 bridgehead atoms. The lowest BCUT2D eigenvalue weighted by molar-refractivity contribution is -0.121. The number of nitrogens with one attached hydrogen (secondary N) is 2. The zero-order valence-corrected chi connectivity index (χ0v) is 11.4. The highest BCUT2D eigenvalue weighted by Gasteiger charge is 2.03. The van der Waals surface area contributed by atoms with Gasteiger partial charge in [-0.1, -0.05) is 6.07 Å². The molecule has 0 aliphatic rings. The molecule has 0 saturated heterocycles. The largest absolute Gasteiger partial charge is 0.352 e. The van der Waals surface area contributed by atoms with Gasteiger partial charge in [0.05, 0.1) is 17.4 Å². The first kappa shape index (κ1) is 13.5. The van der Waals surface area contributed by atoms with E-state index in [1.54, 1.807) is 6.33 Å². The van der Waals surface area contributed by atoms with Crippen LogP contribution in [0.4, 0.5) is 0 Å². The van der Waals surface area contributed by atoms with Crippen molar-refractivity contribution in [3.63, 3.8) is 0 Å². The molecule has 2 N–H and O–H groups in total. The number of aromatic nitrogens is 2. The number of rotatable bonds is 6. The van der Waals surface area contributed by atoms with Crippen molar-refractivity contribution in [1.82, 2.24) is 20.2 Å². The van der Waals surface area contributed by atoms with E-state index in [-0.39, 0.29) is 5.91 Å². The average Bonchev–Trinajstić information content (AvgIpc) is 2.78. The molecule has 0 spiro atoms. The number of imidazole rings is 1. The fourth-order valence-corrected chi connectivity index (χ4v) is 2.01. The minimum absolute atomic E-state index is 0.0939. The van der Waals surface area contributed by atoms with Gasteiger partial charge in [0.15, 0.2) is 0 Å². The Morgan fingerprint density at radius 1 is 1.42 bits per heavy atom. The van der Waals surface area contributed by atoms with Crippen molar-refractivity contribution in [2.75, 3.05) is 13.6 Å². The molecule has 19 heavy (non-hydrogen) atoms. The molecule has 0 atom stereocenters. The second-order valence-corrected chi connectivity index (χ2v) is 4.66. The Bertz CT molecular complexity index is 562. The summed E-state index contributed by atoms with van der Waals surface area (Å²) >= 11 is 0. The molecular weight excluding hydrogens is 240 g/mol. The Kier molecular flexibility index (Phi) is 4.52. The molecule has 2 aromatic rings. The Hall–Kier alpha value is -1.88.